The van der Waals surface area contributed by atoms with Gasteiger partial charge < -0.3 is 20.5 Å². The second kappa shape index (κ2) is 8.56. The number of hydrogen-bond acceptors (Lipinski definition) is 5. The number of morpholine rings is 1. The molecule has 1 heterocycles. The number of ether oxygens (including phenoxy) is 1. The first-order valence-corrected chi connectivity index (χ1v) is 7.44. The summed E-state index contributed by atoms with van der Waals surface area (Å²) >= 11 is 0. The molecule has 0 bridgehead atoms. The number of hydrogen-bond donors (Lipinski definition) is 2. The van der Waals surface area contributed by atoms with Crippen molar-refractivity contribution >= 4 is 5.91 Å². The third kappa shape index (κ3) is 5.36. The largest absolute Gasteiger partial charge is 0.390 e. The molecule has 0 spiro atoms. The molecule has 0 aromatic heterocycles. The fraction of sp³-hybridized carbons (Fsp3) is 0.929. The maximum absolute atomic E-state index is 12.1. The normalized spacial score (nSPS) is 21.2. The topological polar surface area (TPSA) is 79.0 Å². The van der Waals surface area contributed by atoms with Crippen molar-refractivity contribution in [1.29, 1.82) is 0 Å². The standard InChI is InChI=1S/C14H29N3O3/c1-4-11(2)13(15)14(19)16(3)9-12(18)10-17-5-7-20-8-6-17/h11-13,18H,4-10,15H2,1-3H3. The van der Waals surface area contributed by atoms with Crippen LogP contribution in [0.3, 0.4) is 0 Å². The number of rotatable bonds is 7. The van der Waals surface area contributed by atoms with Gasteiger partial charge in [0.15, 0.2) is 0 Å². The first-order valence-electron chi connectivity index (χ1n) is 7.44. The smallest absolute Gasteiger partial charge is 0.239 e. The van der Waals surface area contributed by atoms with Crippen LogP contribution in [0.1, 0.15) is 20.3 Å². The van der Waals surface area contributed by atoms with Gasteiger partial charge in [0.1, 0.15) is 0 Å². The Bertz CT molecular complexity index is 295. The van der Waals surface area contributed by atoms with E-state index in [0.717, 1.165) is 19.5 Å². The highest BCUT2D eigenvalue weighted by Gasteiger charge is 2.24. The van der Waals surface area contributed by atoms with Gasteiger partial charge in [-0.1, -0.05) is 20.3 Å². The van der Waals surface area contributed by atoms with E-state index in [0.29, 0.717) is 26.3 Å². The summed E-state index contributed by atoms with van der Waals surface area (Å²) in [6, 6.07) is -0.486. The quantitative estimate of drug-likeness (QED) is 0.661. The third-order valence-electron chi connectivity index (χ3n) is 3.98. The van der Waals surface area contributed by atoms with E-state index < -0.39 is 12.1 Å². The molecule has 3 atom stereocenters. The van der Waals surface area contributed by atoms with E-state index in [-0.39, 0.29) is 11.8 Å². The van der Waals surface area contributed by atoms with Gasteiger partial charge in [-0.2, -0.15) is 0 Å². The fourth-order valence-electron chi connectivity index (χ4n) is 2.30. The van der Waals surface area contributed by atoms with Crippen LogP contribution in [0.4, 0.5) is 0 Å². The van der Waals surface area contributed by atoms with Crippen LogP contribution < -0.4 is 5.73 Å². The highest BCUT2D eigenvalue weighted by Crippen LogP contribution is 2.08. The fourth-order valence-corrected chi connectivity index (χ4v) is 2.30. The predicted octanol–water partition coefficient (Wildman–Crippen LogP) is -0.489. The Morgan fingerprint density at radius 2 is 2.05 bits per heavy atom. The first-order chi connectivity index (χ1) is 9.45. The average Bonchev–Trinajstić information content (AvgIpc) is 2.45. The summed E-state index contributed by atoms with van der Waals surface area (Å²) in [4.78, 5) is 15.8. The number of carbonyl (C=O) groups is 1. The predicted molar refractivity (Wildman–Crippen MR) is 78.3 cm³/mol. The van der Waals surface area contributed by atoms with E-state index in [1.165, 1.54) is 0 Å². The van der Waals surface area contributed by atoms with Crippen LogP contribution in [0.15, 0.2) is 0 Å². The van der Waals surface area contributed by atoms with Crippen LogP contribution in [0.25, 0.3) is 0 Å². The van der Waals surface area contributed by atoms with Gasteiger partial charge in [0.25, 0.3) is 0 Å². The summed E-state index contributed by atoms with van der Waals surface area (Å²) in [6.45, 7) is 7.97. The van der Waals surface area contributed by atoms with E-state index >= 15 is 0 Å². The molecule has 1 fully saturated rings. The second-order valence-electron chi connectivity index (χ2n) is 5.70. The molecular weight excluding hydrogens is 258 g/mol. The van der Waals surface area contributed by atoms with Gasteiger partial charge in [0.2, 0.25) is 5.91 Å². The number of likely N-dealkylation sites (N-methyl/N-ethyl adjacent to an activating group) is 1. The monoisotopic (exact) mass is 287 g/mol. The number of aliphatic hydroxyl groups excluding tert-OH is 1. The molecule has 3 unspecified atom stereocenters. The maximum atomic E-state index is 12.1. The van der Waals surface area contributed by atoms with Crippen molar-refractivity contribution in [3.63, 3.8) is 0 Å². The number of nitrogens with two attached hydrogens (primary N) is 1. The van der Waals surface area contributed by atoms with E-state index in [9.17, 15) is 9.90 Å². The average molecular weight is 287 g/mol. The lowest BCUT2D eigenvalue weighted by Crippen LogP contribution is -2.49. The van der Waals surface area contributed by atoms with Crippen LogP contribution in [-0.4, -0.2) is 79.4 Å². The van der Waals surface area contributed by atoms with Crippen LogP contribution in [-0.2, 0) is 9.53 Å². The summed E-state index contributed by atoms with van der Waals surface area (Å²) in [5, 5.41) is 10.1. The maximum Gasteiger partial charge on any atom is 0.239 e. The molecule has 1 saturated heterocycles. The summed E-state index contributed by atoms with van der Waals surface area (Å²) < 4.78 is 5.27. The molecule has 6 nitrogen and oxygen atoms in total. The van der Waals surface area contributed by atoms with Gasteiger partial charge >= 0.3 is 0 Å². The molecule has 0 saturated carbocycles. The number of amides is 1. The third-order valence-corrected chi connectivity index (χ3v) is 3.98. The lowest BCUT2D eigenvalue weighted by molar-refractivity contribution is -0.134. The molecule has 1 rings (SSSR count). The molecule has 3 N–H and O–H groups in total. The zero-order chi connectivity index (χ0) is 15.1. The van der Waals surface area contributed by atoms with Gasteiger partial charge in [0, 0.05) is 33.2 Å². The Hall–Kier alpha value is -0.690. The Morgan fingerprint density at radius 3 is 2.60 bits per heavy atom. The van der Waals surface area contributed by atoms with Gasteiger partial charge in [-0.15, -0.1) is 0 Å². The summed E-state index contributed by atoms with van der Waals surface area (Å²) in [7, 11) is 1.70. The summed E-state index contributed by atoms with van der Waals surface area (Å²) in [5.74, 6) is 0.0571. The minimum absolute atomic E-state index is 0.0969. The zero-order valence-electron chi connectivity index (χ0n) is 12.9. The first kappa shape index (κ1) is 17.4. The molecule has 0 radical (unpaired) electrons. The summed E-state index contributed by atoms with van der Waals surface area (Å²) in [5.41, 5.74) is 5.93. The van der Waals surface area contributed by atoms with Crippen molar-refractivity contribution in [2.45, 2.75) is 32.4 Å². The molecule has 118 valence electrons. The summed E-state index contributed by atoms with van der Waals surface area (Å²) in [6.07, 6.45) is 0.322. The van der Waals surface area contributed by atoms with Gasteiger partial charge in [0.05, 0.1) is 25.4 Å². The number of β-amino-alcohol motifs (C(OH)–C–C–N with tert-alkyl or cyclic N) is 1. The van der Waals surface area contributed by atoms with Crippen LogP contribution in [0.2, 0.25) is 0 Å². The van der Waals surface area contributed by atoms with E-state index in [4.69, 9.17) is 10.5 Å². The van der Waals surface area contributed by atoms with E-state index in [1.54, 1.807) is 11.9 Å². The Balaban J connectivity index is 2.35. The van der Waals surface area contributed by atoms with Crippen molar-refractivity contribution in [2.75, 3.05) is 46.4 Å². The van der Waals surface area contributed by atoms with Crippen molar-refractivity contribution in [2.24, 2.45) is 11.7 Å². The van der Waals surface area contributed by atoms with Crippen molar-refractivity contribution in [1.82, 2.24) is 9.80 Å². The minimum Gasteiger partial charge on any atom is -0.390 e. The minimum atomic E-state index is -0.550. The highest BCUT2D eigenvalue weighted by molar-refractivity contribution is 5.81. The number of carbonyl (C=O) groups excluding carboxylic acids is 1. The van der Waals surface area contributed by atoms with Gasteiger partial charge in [-0.3, -0.25) is 9.69 Å². The molecule has 0 aromatic rings. The SMILES string of the molecule is CCC(C)C(N)C(=O)N(C)CC(O)CN1CCOCC1. The highest BCUT2D eigenvalue weighted by atomic mass is 16.5. The van der Waals surface area contributed by atoms with Crippen molar-refractivity contribution < 1.29 is 14.6 Å². The molecule has 0 aliphatic carbocycles. The van der Waals surface area contributed by atoms with Gasteiger partial charge in [-0.05, 0) is 5.92 Å². The Kier molecular flexibility index (Phi) is 7.43. The van der Waals surface area contributed by atoms with Crippen LogP contribution in [0.5, 0.6) is 0 Å². The Labute approximate surface area is 121 Å². The molecule has 1 aliphatic heterocycles. The lowest BCUT2D eigenvalue weighted by Gasteiger charge is -2.31. The lowest BCUT2D eigenvalue weighted by atomic mass is 9.99. The molecule has 1 amide bonds. The number of aliphatic hydroxyl groups is 1. The molecule has 6 heteroatoms. The Morgan fingerprint density at radius 1 is 1.45 bits per heavy atom. The van der Waals surface area contributed by atoms with Crippen LogP contribution >= 0.6 is 0 Å². The zero-order valence-corrected chi connectivity index (χ0v) is 12.9. The van der Waals surface area contributed by atoms with Crippen molar-refractivity contribution in [3.8, 4) is 0 Å². The molecule has 1 aliphatic rings. The molecular formula is C14H29N3O3. The molecule has 0 aromatic carbocycles. The molecule has 20 heavy (non-hydrogen) atoms. The van der Waals surface area contributed by atoms with E-state index in [2.05, 4.69) is 4.90 Å². The van der Waals surface area contributed by atoms with E-state index in [1.807, 2.05) is 13.8 Å². The number of nitrogens with zero attached hydrogens (tertiary/aromatic N) is 2. The van der Waals surface area contributed by atoms with Crippen molar-refractivity contribution in [3.05, 3.63) is 0 Å². The van der Waals surface area contributed by atoms with Crippen LogP contribution in [0, 0.1) is 5.92 Å². The second-order valence-corrected chi connectivity index (χ2v) is 5.70. The van der Waals surface area contributed by atoms with Gasteiger partial charge in [-0.25, -0.2) is 0 Å².